The number of rotatable bonds is 18. The number of hydrogen-bond acceptors (Lipinski definition) is 19. The van der Waals surface area contributed by atoms with E-state index in [4.69, 9.17) is 34.6 Å². The Morgan fingerprint density at radius 2 is 1.57 bits per heavy atom. The molecular formula is C48H72FI2N15O8-2. The molecule has 74 heavy (non-hydrogen) atoms. The average Bonchev–Trinajstić information content (AvgIpc) is 4.08. The first-order valence-electron chi connectivity index (χ1n) is 25.4. The normalized spacial score (nSPS) is 27.5. The number of carbonyl (C=O) groups is 5. The van der Waals surface area contributed by atoms with Crippen molar-refractivity contribution in [3.8, 4) is 0 Å². The maximum absolute atomic E-state index is 15.2. The number of hydrogen-bond donors (Lipinski definition) is 3. The number of imidazole rings is 1. The van der Waals surface area contributed by atoms with Crippen LogP contribution in [0.4, 0.5) is 21.8 Å². The summed E-state index contributed by atoms with van der Waals surface area (Å²) in [6.07, 6.45) is 10.5. The molecule has 4 aliphatic rings. The Balaban J connectivity index is 1.000. The minimum absolute atomic E-state index is 0.00842. The zero-order valence-corrected chi connectivity index (χ0v) is 47.8. The topological polar surface area (TPSA) is 230 Å². The summed E-state index contributed by atoms with van der Waals surface area (Å²) >= 11 is -1.92. The van der Waals surface area contributed by atoms with Crippen LogP contribution in [0.25, 0.3) is 11.2 Å². The molecule has 0 aromatic carbocycles. The minimum atomic E-state index is -1.32. The fourth-order valence-corrected chi connectivity index (χ4v) is 15.9. The summed E-state index contributed by atoms with van der Waals surface area (Å²) in [7, 11) is 0. The number of aryl methyl sites for hydroxylation is 2. The molecule has 7 heterocycles. The SMILES string of the molecule is C=CC(=O)N[C@@H]1CN(c2nc(Nc3cn(CCCCCNC(=O)CN4C[C@H](CC)N5CC(=O)ON6OC(=O)CN(C[C@H](CC)N(CC(=O)O6)[I-][C@@H]4CC)[C@@H](C=C)[I-]5)nc3CC)c3ncn(C(C)(C)C)c3n2)C[C@H]1F. The number of fused-ring (bicyclic) bond motifs is 8. The number of aromatic nitrogens is 6. The van der Waals surface area contributed by atoms with E-state index in [-0.39, 0.29) is 76.3 Å². The Hall–Kier alpha value is -4.62. The molecule has 0 spiro atoms. The van der Waals surface area contributed by atoms with Crippen LogP contribution in [0.1, 0.15) is 92.7 Å². The van der Waals surface area contributed by atoms with Crippen molar-refractivity contribution in [2.45, 2.75) is 138 Å². The summed E-state index contributed by atoms with van der Waals surface area (Å²) in [5.74, 6) is -1.97. The van der Waals surface area contributed by atoms with Crippen LogP contribution in [0.2, 0.25) is 0 Å². The Bertz CT molecular complexity index is 2490. The van der Waals surface area contributed by atoms with Crippen molar-refractivity contribution in [3.63, 3.8) is 0 Å². The summed E-state index contributed by atoms with van der Waals surface area (Å²) in [5.41, 5.74) is 2.39. The van der Waals surface area contributed by atoms with E-state index in [1.54, 1.807) is 11.2 Å². The van der Waals surface area contributed by atoms with Crippen LogP contribution < -0.4 is 63.8 Å². The van der Waals surface area contributed by atoms with Crippen LogP contribution >= 0.6 is 0 Å². The number of anilines is 3. The van der Waals surface area contributed by atoms with Crippen LogP contribution in [0.15, 0.2) is 37.8 Å². The van der Waals surface area contributed by atoms with E-state index in [1.165, 1.54) is 0 Å². The molecule has 0 saturated carbocycles. The molecule has 0 aliphatic carbocycles. The van der Waals surface area contributed by atoms with Crippen LogP contribution in [0.5, 0.6) is 0 Å². The van der Waals surface area contributed by atoms with Crippen molar-refractivity contribution in [2.75, 3.05) is 69.1 Å². The van der Waals surface area contributed by atoms with Gasteiger partial charge in [0.1, 0.15) is 6.17 Å². The van der Waals surface area contributed by atoms with E-state index >= 15 is 4.39 Å². The van der Waals surface area contributed by atoms with Crippen molar-refractivity contribution >= 4 is 58.3 Å². The van der Waals surface area contributed by atoms with Gasteiger partial charge >= 0.3 is 288 Å². The third kappa shape index (κ3) is 14.4. The molecule has 23 nitrogen and oxygen atoms in total. The number of halogens is 3. The van der Waals surface area contributed by atoms with Crippen LogP contribution in [-0.4, -0.2) is 172 Å². The fraction of sp³-hybridized carbons (Fsp3) is 0.646. The van der Waals surface area contributed by atoms with Gasteiger partial charge in [-0.2, -0.15) is 9.97 Å². The summed E-state index contributed by atoms with van der Waals surface area (Å²) < 4.78 is 23.1. The third-order valence-electron chi connectivity index (χ3n) is 13.1. The number of nitrogens with zero attached hydrogens (tertiary/aromatic N) is 12. The van der Waals surface area contributed by atoms with Gasteiger partial charge in [0, 0.05) is 12.1 Å². The standard InChI is InChI=1S/C48H72FI2N15O8/c1-10-31-21-59(37(13-4)50-65-29-43(71)74-66-72-41(69)27-60(22-32(65)11-2)38(14-5)51-64(31)28-42(70)73-66)26-40(68)52-19-17-16-18-20-62-25-36(34(12-3)58-62)55-45-44-46(63(30-53-44)48(7,8)9)57-47(56-45)61-23-33(49)35(24-61)54-39(67)15-6/h14-15,25,30-33,35,37-38H,5-6,10-13,16-24,26-29H2,1-4,7-9H3,(H,52,68)(H,54,67)(H,55,56,57)/q-2/t31-,32-,33+,35+,37-,38-/m0/s1. The molecule has 0 radical (unpaired) electrons. The van der Waals surface area contributed by atoms with Crippen LogP contribution in [-0.2, 0) is 57.0 Å². The van der Waals surface area contributed by atoms with Gasteiger partial charge < -0.3 is 20.1 Å². The van der Waals surface area contributed by atoms with Gasteiger partial charge in [0.15, 0.2) is 17.0 Å². The minimum Gasteiger partial charge on any atom is -0.310 e. The molecule has 4 unspecified atom stereocenters. The quantitative estimate of drug-likeness (QED) is 0.0219. The zero-order valence-electron chi connectivity index (χ0n) is 43.5. The second-order valence-electron chi connectivity index (χ2n) is 19.6. The molecule has 410 valence electrons. The van der Waals surface area contributed by atoms with Gasteiger partial charge in [-0.1, -0.05) is 13.5 Å². The maximum atomic E-state index is 15.2. The molecule has 4 fully saturated rings. The Morgan fingerprint density at radius 3 is 2.22 bits per heavy atom. The van der Waals surface area contributed by atoms with Crippen molar-refractivity contribution < 1.29 is 85.8 Å². The molecule has 3 aromatic heterocycles. The monoisotopic (exact) mass is 1260 g/mol. The summed E-state index contributed by atoms with van der Waals surface area (Å²) in [6.45, 7) is 24.1. The number of unbranched alkanes of at least 4 members (excludes halogenated alkanes) is 2. The number of carbonyl (C=O) groups excluding carboxylic acids is 5. The first-order valence-corrected chi connectivity index (χ1v) is 29.9. The van der Waals surface area contributed by atoms with E-state index in [1.807, 2.05) is 33.3 Å². The number of nitrogens with one attached hydrogen (secondary N) is 3. The molecule has 7 rings (SSSR count). The van der Waals surface area contributed by atoms with Gasteiger partial charge in [0.2, 0.25) is 11.9 Å². The van der Waals surface area contributed by atoms with Gasteiger partial charge in [-0.15, -0.1) is 0 Å². The second-order valence-corrected chi connectivity index (χ2v) is 25.9. The van der Waals surface area contributed by atoms with E-state index in [0.29, 0.717) is 68.4 Å². The molecule has 3 N–H and O–H groups in total. The molecular weight excluding hydrogens is 1190 g/mol. The van der Waals surface area contributed by atoms with E-state index < -0.39 is 79.0 Å². The fourth-order valence-electron chi connectivity index (χ4n) is 9.13. The molecule has 2 amide bonds. The zero-order chi connectivity index (χ0) is 53.3. The van der Waals surface area contributed by atoms with Crippen molar-refractivity contribution in [1.82, 2.24) is 61.3 Å². The van der Waals surface area contributed by atoms with Gasteiger partial charge in [-0.05, 0) is 33.3 Å². The van der Waals surface area contributed by atoms with Gasteiger partial charge in [-0.25, -0.2) is 9.37 Å². The van der Waals surface area contributed by atoms with E-state index in [0.717, 1.165) is 43.1 Å². The number of alkyl halides is 3. The summed E-state index contributed by atoms with van der Waals surface area (Å²) in [4.78, 5) is 102. The van der Waals surface area contributed by atoms with Crippen molar-refractivity contribution in [2.24, 2.45) is 0 Å². The molecule has 4 saturated heterocycles. The molecule has 26 heteroatoms. The van der Waals surface area contributed by atoms with Crippen LogP contribution in [0, 0.1) is 0 Å². The molecule has 4 bridgehead atoms. The van der Waals surface area contributed by atoms with Crippen molar-refractivity contribution in [3.05, 3.63) is 43.5 Å². The van der Waals surface area contributed by atoms with Crippen LogP contribution in [0.3, 0.4) is 0 Å². The smallest absolute Gasteiger partial charge is 0.310 e. The predicted molar refractivity (Wildman–Crippen MR) is 264 cm³/mol. The van der Waals surface area contributed by atoms with Crippen molar-refractivity contribution in [1.29, 1.82) is 0 Å². The summed E-state index contributed by atoms with van der Waals surface area (Å²) in [5, 5.41) is 14.5. The number of amides is 2. The predicted octanol–water partition coefficient (Wildman–Crippen LogP) is -3.06. The Morgan fingerprint density at radius 1 is 0.878 bits per heavy atom. The average molecular weight is 1260 g/mol. The molecule has 3 aromatic rings. The Kier molecular flexibility index (Phi) is 20.0. The second kappa shape index (κ2) is 25.9. The molecule has 4 aliphatic heterocycles. The van der Waals surface area contributed by atoms with Gasteiger partial charge in [0.05, 0.1) is 30.3 Å². The van der Waals surface area contributed by atoms with Gasteiger partial charge in [0.25, 0.3) is 0 Å². The molecule has 10 atom stereocenters. The van der Waals surface area contributed by atoms with E-state index in [2.05, 4.69) is 81.8 Å². The first kappa shape index (κ1) is 57.1. The Labute approximate surface area is 453 Å². The van der Waals surface area contributed by atoms with Gasteiger partial charge in [-0.3, -0.25) is 4.79 Å². The van der Waals surface area contributed by atoms with E-state index in [9.17, 15) is 24.0 Å². The summed E-state index contributed by atoms with van der Waals surface area (Å²) in [6, 6.07) is -0.992. The third-order valence-corrected chi connectivity index (χ3v) is 21.0. The first-order chi connectivity index (χ1) is 35.4.